The third kappa shape index (κ3) is 1.43. The molecule has 0 saturated carbocycles. The highest BCUT2D eigenvalue weighted by atomic mass is 35.5. The lowest BCUT2D eigenvalue weighted by Crippen LogP contribution is -1.82. The molecule has 0 N–H and O–H groups in total. The van der Waals surface area contributed by atoms with Gasteiger partial charge in [-0.05, 0) is 22.9 Å². The second kappa shape index (κ2) is 3.19. The molecule has 0 heterocycles. The Kier molecular flexibility index (Phi) is 2.03. The van der Waals surface area contributed by atoms with E-state index in [1.165, 1.54) is 0 Å². The second-order valence-corrected chi connectivity index (χ2v) is 3.19. The van der Waals surface area contributed by atoms with Crippen LogP contribution >= 0.6 is 11.6 Å². The normalized spacial score (nSPS) is 10.2. The molecule has 0 spiro atoms. The molecule has 0 bridgehead atoms. The van der Waals surface area contributed by atoms with Crippen LogP contribution in [0.1, 0.15) is 5.56 Å². The van der Waals surface area contributed by atoms with Crippen LogP contribution in [-0.2, 0) is 4.79 Å². The summed E-state index contributed by atoms with van der Waals surface area (Å²) in [6.07, 6.45) is 1.81. The number of rotatable bonds is 1. The van der Waals surface area contributed by atoms with Crippen molar-refractivity contribution in [1.29, 1.82) is 0 Å². The van der Waals surface area contributed by atoms with Crippen molar-refractivity contribution in [1.82, 2.24) is 0 Å². The molecule has 63 valence electrons. The van der Waals surface area contributed by atoms with Crippen LogP contribution in [0.5, 0.6) is 0 Å². The first-order valence-corrected chi connectivity index (χ1v) is 4.25. The summed E-state index contributed by atoms with van der Waals surface area (Å²) < 4.78 is 0. The van der Waals surface area contributed by atoms with Crippen molar-refractivity contribution in [3.63, 3.8) is 0 Å². The Bertz CT molecular complexity index is 463. The minimum atomic E-state index is 0.417. The predicted molar refractivity (Wildman–Crippen MR) is 53.8 cm³/mol. The monoisotopic (exact) mass is 189 g/mol. The number of benzene rings is 2. The van der Waals surface area contributed by atoms with Gasteiger partial charge in [0.15, 0.2) is 0 Å². The molecule has 1 radical (unpaired) electrons. The summed E-state index contributed by atoms with van der Waals surface area (Å²) in [5, 5.41) is 2.49. The topological polar surface area (TPSA) is 17.1 Å². The van der Waals surface area contributed by atoms with Crippen molar-refractivity contribution in [3.05, 3.63) is 47.0 Å². The zero-order chi connectivity index (χ0) is 9.26. The number of carbonyl (C=O) groups excluding carboxylic acids is 1. The Morgan fingerprint density at radius 3 is 2.31 bits per heavy atom. The molecule has 0 amide bonds. The van der Waals surface area contributed by atoms with Crippen LogP contribution in [0.4, 0.5) is 0 Å². The largest absolute Gasteiger partial charge is 0.285 e. The molecule has 2 aromatic rings. The number of hydrogen-bond donors (Lipinski definition) is 0. The van der Waals surface area contributed by atoms with Crippen molar-refractivity contribution in [3.8, 4) is 0 Å². The summed E-state index contributed by atoms with van der Waals surface area (Å²) in [4.78, 5) is 10.5. The van der Waals surface area contributed by atoms with E-state index in [1.54, 1.807) is 18.4 Å². The van der Waals surface area contributed by atoms with Gasteiger partial charge >= 0.3 is 0 Å². The van der Waals surface area contributed by atoms with Crippen LogP contribution in [0.2, 0.25) is 5.02 Å². The van der Waals surface area contributed by atoms with Gasteiger partial charge in [-0.3, -0.25) is 4.79 Å². The van der Waals surface area contributed by atoms with Gasteiger partial charge in [0.1, 0.15) is 0 Å². The Morgan fingerprint density at radius 2 is 1.69 bits per heavy atom. The van der Waals surface area contributed by atoms with Gasteiger partial charge in [0.05, 0.1) is 5.02 Å². The van der Waals surface area contributed by atoms with E-state index in [1.807, 2.05) is 24.3 Å². The lowest BCUT2D eigenvalue weighted by atomic mass is 10.1. The van der Waals surface area contributed by atoms with Gasteiger partial charge in [0.25, 0.3) is 0 Å². The van der Waals surface area contributed by atoms with Gasteiger partial charge in [-0.2, -0.15) is 0 Å². The zero-order valence-electron chi connectivity index (χ0n) is 6.75. The number of hydrogen-bond acceptors (Lipinski definition) is 1. The third-order valence-electron chi connectivity index (χ3n) is 1.95. The smallest absolute Gasteiger partial charge is 0.235 e. The molecule has 0 aromatic heterocycles. The van der Waals surface area contributed by atoms with E-state index in [-0.39, 0.29) is 0 Å². The van der Waals surface area contributed by atoms with E-state index in [9.17, 15) is 4.79 Å². The van der Waals surface area contributed by atoms with Crippen molar-refractivity contribution < 1.29 is 4.79 Å². The van der Waals surface area contributed by atoms with E-state index in [4.69, 9.17) is 11.6 Å². The van der Waals surface area contributed by atoms with Crippen molar-refractivity contribution >= 4 is 28.7 Å². The maximum absolute atomic E-state index is 10.5. The maximum Gasteiger partial charge on any atom is 0.235 e. The fourth-order valence-electron chi connectivity index (χ4n) is 1.29. The molecule has 0 aliphatic carbocycles. The predicted octanol–water partition coefficient (Wildman–Crippen LogP) is 2.95. The standard InChI is InChI=1S/C11H6ClO/c12-11-6-9-4-2-1-3-8(9)5-10(11)7-13/h1-6H. The summed E-state index contributed by atoms with van der Waals surface area (Å²) in [6, 6.07) is 11.3. The zero-order valence-corrected chi connectivity index (χ0v) is 7.51. The van der Waals surface area contributed by atoms with Gasteiger partial charge in [-0.25, -0.2) is 0 Å². The van der Waals surface area contributed by atoms with Crippen LogP contribution < -0.4 is 0 Å². The van der Waals surface area contributed by atoms with Gasteiger partial charge in [-0.1, -0.05) is 35.9 Å². The van der Waals surface area contributed by atoms with E-state index in [0.29, 0.717) is 10.6 Å². The second-order valence-electron chi connectivity index (χ2n) is 2.78. The first-order valence-electron chi connectivity index (χ1n) is 3.88. The molecule has 2 rings (SSSR count). The van der Waals surface area contributed by atoms with Crippen molar-refractivity contribution in [2.24, 2.45) is 0 Å². The molecule has 13 heavy (non-hydrogen) atoms. The molecular formula is C11H6ClO. The summed E-state index contributed by atoms with van der Waals surface area (Å²) in [5.74, 6) is 0. The average molecular weight is 190 g/mol. The molecule has 0 saturated heterocycles. The van der Waals surface area contributed by atoms with Crippen molar-refractivity contribution in [2.75, 3.05) is 0 Å². The first kappa shape index (κ1) is 8.27. The summed E-state index contributed by atoms with van der Waals surface area (Å²) in [6.45, 7) is 0. The maximum atomic E-state index is 10.5. The summed E-state index contributed by atoms with van der Waals surface area (Å²) in [7, 11) is 0. The van der Waals surface area contributed by atoms with Crippen LogP contribution in [-0.4, -0.2) is 6.29 Å². The molecule has 0 atom stereocenters. The highest BCUT2D eigenvalue weighted by Gasteiger charge is 2.01. The molecule has 2 aromatic carbocycles. The van der Waals surface area contributed by atoms with E-state index < -0.39 is 0 Å². The third-order valence-corrected chi connectivity index (χ3v) is 2.26. The van der Waals surface area contributed by atoms with Crippen LogP contribution in [0.15, 0.2) is 36.4 Å². The van der Waals surface area contributed by atoms with Crippen LogP contribution in [0, 0.1) is 0 Å². The lowest BCUT2D eigenvalue weighted by molar-refractivity contribution is 0.563. The molecular weight excluding hydrogens is 184 g/mol. The quantitative estimate of drug-likeness (QED) is 0.674. The molecule has 1 nitrogen and oxygen atoms in total. The van der Waals surface area contributed by atoms with Gasteiger partial charge in [0.2, 0.25) is 6.29 Å². The summed E-state index contributed by atoms with van der Waals surface area (Å²) in [5.41, 5.74) is 0.417. The Labute approximate surface area is 80.9 Å². The minimum absolute atomic E-state index is 0.417. The van der Waals surface area contributed by atoms with Crippen LogP contribution in [0.25, 0.3) is 10.8 Å². The lowest BCUT2D eigenvalue weighted by Gasteiger charge is -1.99. The SMILES string of the molecule is O=[C]c1cc2ccccc2cc1Cl. The fraction of sp³-hybridized carbons (Fsp3) is 0. The number of fused-ring (bicyclic) bond motifs is 1. The van der Waals surface area contributed by atoms with E-state index in [2.05, 4.69) is 0 Å². The molecule has 0 aliphatic rings. The number of halogens is 1. The Balaban J connectivity index is 2.81. The van der Waals surface area contributed by atoms with E-state index in [0.717, 1.165) is 10.8 Å². The molecule has 2 heteroatoms. The first-order chi connectivity index (χ1) is 6.31. The Morgan fingerprint density at radius 1 is 1.08 bits per heavy atom. The summed E-state index contributed by atoms with van der Waals surface area (Å²) >= 11 is 5.84. The highest BCUT2D eigenvalue weighted by Crippen LogP contribution is 2.22. The average Bonchev–Trinajstić information content (AvgIpc) is 2.17. The van der Waals surface area contributed by atoms with Crippen LogP contribution in [0.3, 0.4) is 0 Å². The Hall–Kier alpha value is -1.34. The fourth-order valence-corrected chi connectivity index (χ4v) is 1.50. The van der Waals surface area contributed by atoms with Gasteiger partial charge < -0.3 is 0 Å². The van der Waals surface area contributed by atoms with Gasteiger partial charge in [0, 0.05) is 5.56 Å². The minimum Gasteiger partial charge on any atom is -0.285 e. The highest BCUT2D eigenvalue weighted by molar-refractivity contribution is 6.33. The molecule has 0 aliphatic heterocycles. The van der Waals surface area contributed by atoms with Crippen molar-refractivity contribution in [2.45, 2.75) is 0 Å². The van der Waals surface area contributed by atoms with Gasteiger partial charge in [-0.15, -0.1) is 0 Å². The van der Waals surface area contributed by atoms with E-state index >= 15 is 0 Å². The molecule has 0 fully saturated rings. The molecule has 0 unspecified atom stereocenters.